The number of alkyl halides is 3. The normalized spacial score (nSPS) is 11.6. The van der Waals surface area contributed by atoms with E-state index in [2.05, 4.69) is 9.97 Å². The molecule has 0 saturated carbocycles. The molecule has 0 saturated heterocycles. The number of hydrogen-bond donors (Lipinski definition) is 0. The second-order valence-corrected chi connectivity index (χ2v) is 6.43. The van der Waals surface area contributed by atoms with E-state index in [1.54, 1.807) is 12.1 Å². The molecule has 3 aromatic rings. The molecular formula is C18H11Cl2F3N2O2. The van der Waals surface area contributed by atoms with E-state index in [0.717, 1.165) is 6.92 Å². The molecule has 27 heavy (non-hydrogen) atoms. The highest BCUT2D eigenvalue weighted by molar-refractivity contribution is 6.38. The Bertz CT molecular complexity index is 1020. The van der Waals surface area contributed by atoms with Crippen molar-refractivity contribution >= 4 is 40.1 Å². The van der Waals surface area contributed by atoms with Crippen LogP contribution in [-0.2, 0) is 22.3 Å². The molecule has 0 atom stereocenters. The molecule has 1 aromatic carbocycles. The number of carbonyl (C=O) groups is 1. The molecule has 0 unspecified atom stereocenters. The highest BCUT2D eigenvalue weighted by Gasteiger charge is 2.38. The lowest BCUT2D eigenvalue weighted by Gasteiger charge is -2.19. The van der Waals surface area contributed by atoms with Gasteiger partial charge in [-0.1, -0.05) is 29.3 Å². The second-order valence-electron chi connectivity index (χ2n) is 5.59. The maximum absolute atomic E-state index is 13.8. The smallest absolute Gasteiger partial charge is 0.434 e. The number of carbonyl (C=O) groups excluding carboxylic acids is 1. The van der Waals surface area contributed by atoms with E-state index in [0.29, 0.717) is 0 Å². The van der Waals surface area contributed by atoms with Gasteiger partial charge in [-0.15, -0.1) is 0 Å². The predicted molar refractivity (Wildman–Crippen MR) is 95.5 cm³/mol. The lowest BCUT2D eigenvalue weighted by atomic mass is 9.97. The number of halogens is 5. The number of benzene rings is 1. The monoisotopic (exact) mass is 414 g/mol. The molecule has 4 nitrogen and oxygen atoms in total. The van der Waals surface area contributed by atoms with Gasteiger partial charge in [0.15, 0.2) is 5.69 Å². The molecule has 2 aromatic heterocycles. The first kappa shape index (κ1) is 19.4. The minimum atomic E-state index is -4.78. The van der Waals surface area contributed by atoms with Crippen LogP contribution in [0.1, 0.15) is 18.2 Å². The van der Waals surface area contributed by atoms with Crippen LogP contribution in [0.4, 0.5) is 13.2 Å². The minimum Gasteiger partial charge on any atom is -0.461 e. The van der Waals surface area contributed by atoms with E-state index in [4.69, 9.17) is 27.9 Å². The maximum Gasteiger partial charge on any atom is 0.434 e. The van der Waals surface area contributed by atoms with Gasteiger partial charge in [-0.2, -0.15) is 13.2 Å². The highest BCUT2D eigenvalue weighted by atomic mass is 35.5. The molecule has 0 spiro atoms. The van der Waals surface area contributed by atoms with Gasteiger partial charge in [0, 0.05) is 34.7 Å². The fourth-order valence-corrected chi connectivity index (χ4v) is 3.21. The maximum atomic E-state index is 13.8. The van der Waals surface area contributed by atoms with Crippen molar-refractivity contribution in [3.63, 3.8) is 0 Å². The molecule has 0 amide bonds. The molecule has 3 rings (SSSR count). The average Bonchev–Trinajstić information content (AvgIpc) is 2.58. The summed E-state index contributed by atoms with van der Waals surface area (Å²) in [7, 11) is 0. The third-order valence-electron chi connectivity index (χ3n) is 3.72. The fourth-order valence-electron chi connectivity index (χ4n) is 2.67. The van der Waals surface area contributed by atoms with Crippen molar-refractivity contribution < 1.29 is 22.7 Å². The number of pyridine rings is 2. The van der Waals surface area contributed by atoms with Crippen LogP contribution in [-0.4, -0.2) is 15.9 Å². The summed E-state index contributed by atoms with van der Waals surface area (Å²) in [4.78, 5) is 19.1. The summed E-state index contributed by atoms with van der Waals surface area (Å²) in [5.41, 5.74) is -1.42. The molecular weight excluding hydrogens is 404 g/mol. The Labute approximate surface area is 161 Å². The number of hydrogen-bond acceptors (Lipinski definition) is 4. The molecule has 0 radical (unpaired) electrons. The first-order valence-electron chi connectivity index (χ1n) is 7.62. The summed E-state index contributed by atoms with van der Waals surface area (Å²) < 4.78 is 46.4. The number of fused-ring (bicyclic) bond motifs is 1. The van der Waals surface area contributed by atoms with Crippen LogP contribution in [0.5, 0.6) is 0 Å². The number of esters is 1. The van der Waals surface area contributed by atoms with Crippen molar-refractivity contribution in [1.82, 2.24) is 9.97 Å². The lowest BCUT2D eigenvalue weighted by molar-refractivity contribution is -0.142. The highest BCUT2D eigenvalue weighted by Crippen LogP contribution is 2.42. The van der Waals surface area contributed by atoms with E-state index < -0.39 is 24.4 Å². The van der Waals surface area contributed by atoms with Crippen molar-refractivity contribution in [2.75, 3.05) is 0 Å². The summed E-state index contributed by atoms with van der Waals surface area (Å²) in [6.45, 7) is 0.745. The Morgan fingerprint density at radius 1 is 1.22 bits per heavy atom. The summed E-state index contributed by atoms with van der Waals surface area (Å²) in [6.07, 6.45) is -3.42. The number of nitrogens with zero attached hydrogens (tertiary/aromatic N) is 2. The zero-order valence-corrected chi connectivity index (χ0v) is 15.3. The largest absolute Gasteiger partial charge is 0.461 e. The Morgan fingerprint density at radius 2 is 1.96 bits per heavy atom. The molecule has 140 valence electrons. The van der Waals surface area contributed by atoms with Gasteiger partial charge < -0.3 is 4.74 Å². The molecule has 2 heterocycles. The number of rotatable bonds is 3. The van der Waals surface area contributed by atoms with Gasteiger partial charge in [0.25, 0.3) is 0 Å². The zero-order valence-electron chi connectivity index (χ0n) is 13.8. The van der Waals surface area contributed by atoms with E-state index in [9.17, 15) is 18.0 Å². The van der Waals surface area contributed by atoms with Crippen molar-refractivity contribution in [2.24, 2.45) is 0 Å². The molecule has 9 heteroatoms. The molecule has 0 aliphatic heterocycles. The van der Waals surface area contributed by atoms with Crippen molar-refractivity contribution in [1.29, 1.82) is 0 Å². The van der Waals surface area contributed by atoms with Gasteiger partial charge in [0.05, 0.1) is 16.2 Å². The number of aromatic nitrogens is 2. The Kier molecular flexibility index (Phi) is 5.26. The Balaban J connectivity index is 2.46. The zero-order chi connectivity index (χ0) is 19.8. The van der Waals surface area contributed by atoms with Crippen LogP contribution in [0, 0.1) is 0 Å². The van der Waals surface area contributed by atoms with Gasteiger partial charge in [-0.05, 0) is 24.3 Å². The first-order chi connectivity index (χ1) is 12.7. The third-order valence-corrected chi connectivity index (χ3v) is 4.23. The van der Waals surface area contributed by atoms with Crippen LogP contribution in [0.25, 0.3) is 22.2 Å². The van der Waals surface area contributed by atoms with Crippen LogP contribution in [0.3, 0.4) is 0 Å². The van der Waals surface area contributed by atoms with E-state index in [1.807, 2.05) is 0 Å². The van der Waals surface area contributed by atoms with E-state index in [1.165, 1.54) is 24.4 Å². The van der Waals surface area contributed by atoms with E-state index >= 15 is 0 Å². The fraction of sp³-hybridized carbons (Fsp3) is 0.167. The second kappa shape index (κ2) is 7.32. The summed E-state index contributed by atoms with van der Waals surface area (Å²) in [5.74, 6) is -0.645. The number of ether oxygens (including phenoxy) is 1. The van der Waals surface area contributed by atoms with Gasteiger partial charge in [0.1, 0.15) is 6.61 Å². The standard InChI is InChI=1S/C18H11Cl2F3N2O2/c1-9(26)27-8-12-11-6-10(19)7-13(20)16(11)25-17(18(21,22)23)15(12)14-4-2-3-5-24-14/h2-7H,8H2,1H3. The van der Waals surface area contributed by atoms with Crippen molar-refractivity contribution in [3.8, 4) is 11.3 Å². The third kappa shape index (κ3) is 3.99. The minimum absolute atomic E-state index is 0.0393. The van der Waals surface area contributed by atoms with Crippen LogP contribution in [0.2, 0.25) is 10.0 Å². The van der Waals surface area contributed by atoms with Crippen molar-refractivity contribution in [2.45, 2.75) is 19.7 Å². The van der Waals surface area contributed by atoms with Crippen LogP contribution < -0.4 is 0 Å². The summed E-state index contributed by atoms with van der Waals surface area (Å²) in [6, 6.07) is 7.27. The molecule has 0 bridgehead atoms. The average molecular weight is 415 g/mol. The van der Waals surface area contributed by atoms with Crippen LogP contribution >= 0.6 is 23.2 Å². The predicted octanol–water partition coefficient (Wildman–Crippen LogP) is 5.69. The molecule has 0 aliphatic rings. The topological polar surface area (TPSA) is 52.1 Å². The SMILES string of the molecule is CC(=O)OCc1c(-c2ccccn2)c(C(F)(F)F)nc2c(Cl)cc(Cl)cc12. The lowest BCUT2D eigenvalue weighted by Crippen LogP contribution is -2.14. The van der Waals surface area contributed by atoms with Crippen molar-refractivity contribution in [3.05, 3.63) is 57.8 Å². The summed E-state index contributed by atoms with van der Waals surface area (Å²) >= 11 is 12.1. The Morgan fingerprint density at radius 3 is 2.56 bits per heavy atom. The quantitative estimate of drug-likeness (QED) is 0.516. The van der Waals surface area contributed by atoms with Crippen LogP contribution in [0.15, 0.2) is 36.5 Å². The summed E-state index contributed by atoms with van der Waals surface area (Å²) in [5, 5.41) is 0.423. The van der Waals surface area contributed by atoms with Gasteiger partial charge in [-0.25, -0.2) is 4.98 Å². The van der Waals surface area contributed by atoms with E-state index in [-0.39, 0.29) is 37.8 Å². The molecule has 0 aliphatic carbocycles. The molecule has 0 N–H and O–H groups in total. The van der Waals surface area contributed by atoms with Gasteiger partial charge in [-0.3, -0.25) is 9.78 Å². The molecule has 0 fully saturated rings. The van der Waals surface area contributed by atoms with Gasteiger partial charge in [0.2, 0.25) is 0 Å². The van der Waals surface area contributed by atoms with Gasteiger partial charge >= 0.3 is 12.1 Å². The Hall–Kier alpha value is -2.38. The first-order valence-corrected chi connectivity index (χ1v) is 8.37.